The number of fused-ring (bicyclic) bond motifs is 1. The molecule has 2 aromatic rings. The lowest BCUT2D eigenvalue weighted by molar-refractivity contribution is -0.121. The SMILES string of the molecule is CC(C)(C)OC(=O)N1CCC(C(=O)Nc2c(C(N)=O)oc3ccc(Br)cc23)CC1. The van der Waals surface area contributed by atoms with Crippen molar-refractivity contribution in [2.75, 3.05) is 18.4 Å². The Morgan fingerprint density at radius 1 is 1.24 bits per heavy atom. The summed E-state index contributed by atoms with van der Waals surface area (Å²) in [5.74, 6) is -1.38. The maximum atomic E-state index is 12.8. The van der Waals surface area contributed by atoms with Crippen molar-refractivity contribution in [3.05, 3.63) is 28.4 Å². The van der Waals surface area contributed by atoms with Crippen molar-refractivity contribution in [1.29, 1.82) is 0 Å². The van der Waals surface area contributed by atoms with E-state index in [2.05, 4.69) is 21.2 Å². The molecule has 0 radical (unpaired) electrons. The molecule has 9 heteroatoms. The van der Waals surface area contributed by atoms with Crippen LogP contribution in [0.15, 0.2) is 27.1 Å². The molecule has 1 aromatic heterocycles. The molecule has 0 saturated carbocycles. The number of halogens is 1. The number of carbonyl (C=O) groups is 3. The third kappa shape index (κ3) is 4.90. The lowest BCUT2D eigenvalue weighted by Gasteiger charge is -2.32. The Kier molecular flexibility index (Phi) is 5.88. The summed E-state index contributed by atoms with van der Waals surface area (Å²) in [5, 5.41) is 3.40. The van der Waals surface area contributed by atoms with Crippen LogP contribution < -0.4 is 11.1 Å². The van der Waals surface area contributed by atoms with Gasteiger partial charge in [0.25, 0.3) is 5.91 Å². The molecule has 1 saturated heterocycles. The Balaban J connectivity index is 1.70. The zero-order chi connectivity index (χ0) is 21.3. The lowest BCUT2D eigenvalue weighted by atomic mass is 9.96. The van der Waals surface area contributed by atoms with Gasteiger partial charge < -0.3 is 25.1 Å². The molecule has 0 atom stereocenters. The number of nitrogens with two attached hydrogens (primary N) is 1. The standard InChI is InChI=1S/C20H24BrN3O5/c1-20(2,3)29-19(27)24-8-6-11(7-9-24)18(26)23-15-13-10-12(21)4-5-14(13)28-16(15)17(22)25/h4-5,10-11H,6-9H2,1-3H3,(H2,22,25)(H,23,26). The predicted octanol–water partition coefficient (Wildman–Crippen LogP) is 3.88. The third-order valence-electron chi connectivity index (χ3n) is 4.64. The molecule has 1 fully saturated rings. The summed E-state index contributed by atoms with van der Waals surface area (Å²) in [7, 11) is 0. The third-order valence-corrected chi connectivity index (χ3v) is 5.13. The Morgan fingerprint density at radius 3 is 2.48 bits per heavy atom. The van der Waals surface area contributed by atoms with E-state index in [0.29, 0.717) is 36.9 Å². The van der Waals surface area contributed by atoms with Crippen molar-refractivity contribution in [2.24, 2.45) is 11.7 Å². The van der Waals surface area contributed by atoms with Gasteiger partial charge in [-0.2, -0.15) is 0 Å². The first kappa shape index (κ1) is 21.2. The second kappa shape index (κ2) is 8.06. The summed E-state index contributed by atoms with van der Waals surface area (Å²) in [6.07, 6.45) is 0.616. The van der Waals surface area contributed by atoms with Crippen molar-refractivity contribution >= 4 is 50.5 Å². The van der Waals surface area contributed by atoms with Gasteiger partial charge >= 0.3 is 6.09 Å². The smallest absolute Gasteiger partial charge is 0.410 e. The number of primary amides is 1. The molecular weight excluding hydrogens is 442 g/mol. The summed E-state index contributed by atoms with van der Waals surface area (Å²) in [5.41, 5.74) is 5.58. The van der Waals surface area contributed by atoms with Gasteiger partial charge in [0.2, 0.25) is 11.7 Å². The zero-order valence-electron chi connectivity index (χ0n) is 16.6. The number of piperidine rings is 1. The van der Waals surface area contributed by atoms with Crippen molar-refractivity contribution in [3.63, 3.8) is 0 Å². The monoisotopic (exact) mass is 465 g/mol. The van der Waals surface area contributed by atoms with Crippen LogP contribution in [0, 0.1) is 5.92 Å². The van der Waals surface area contributed by atoms with Gasteiger partial charge in [-0.15, -0.1) is 0 Å². The van der Waals surface area contributed by atoms with Gasteiger partial charge in [-0.1, -0.05) is 15.9 Å². The number of amides is 3. The van der Waals surface area contributed by atoms with E-state index in [-0.39, 0.29) is 29.4 Å². The second-order valence-electron chi connectivity index (χ2n) is 8.04. The molecule has 0 aliphatic carbocycles. The van der Waals surface area contributed by atoms with Crippen molar-refractivity contribution < 1.29 is 23.5 Å². The van der Waals surface area contributed by atoms with Gasteiger partial charge in [-0.3, -0.25) is 9.59 Å². The Labute approximate surface area is 176 Å². The molecule has 2 heterocycles. The number of furan rings is 1. The summed E-state index contributed by atoms with van der Waals surface area (Å²) in [6.45, 7) is 6.29. The molecule has 1 aliphatic heterocycles. The topological polar surface area (TPSA) is 115 Å². The average Bonchev–Trinajstić information content (AvgIpc) is 2.98. The van der Waals surface area contributed by atoms with Crippen LogP contribution in [0.3, 0.4) is 0 Å². The number of hydrogen-bond acceptors (Lipinski definition) is 5. The summed E-state index contributed by atoms with van der Waals surface area (Å²) in [6, 6.07) is 5.22. The Hall–Kier alpha value is -2.55. The highest BCUT2D eigenvalue weighted by Gasteiger charge is 2.31. The number of nitrogens with zero attached hydrogens (tertiary/aromatic N) is 1. The van der Waals surface area contributed by atoms with E-state index >= 15 is 0 Å². The molecule has 29 heavy (non-hydrogen) atoms. The first-order valence-corrected chi connectivity index (χ1v) is 10.1. The van der Waals surface area contributed by atoms with Gasteiger partial charge in [0.05, 0.1) is 0 Å². The molecule has 3 N–H and O–H groups in total. The van der Waals surface area contributed by atoms with Crippen LogP contribution in [0.2, 0.25) is 0 Å². The number of benzene rings is 1. The fraction of sp³-hybridized carbons (Fsp3) is 0.450. The number of anilines is 1. The van der Waals surface area contributed by atoms with Gasteiger partial charge in [0.1, 0.15) is 16.9 Å². The summed E-state index contributed by atoms with van der Waals surface area (Å²) >= 11 is 3.38. The molecule has 3 rings (SSSR count). The molecule has 1 aromatic carbocycles. The van der Waals surface area contributed by atoms with E-state index < -0.39 is 11.5 Å². The minimum absolute atomic E-state index is 0.0855. The molecule has 1 aliphatic rings. The molecule has 8 nitrogen and oxygen atoms in total. The summed E-state index contributed by atoms with van der Waals surface area (Å²) in [4.78, 5) is 38.4. The van der Waals surface area contributed by atoms with Crippen LogP contribution in [-0.2, 0) is 9.53 Å². The van der Waals surface area contributed by atoms with Crippen LogP contribution in [0.25, 0.3) is 11.0 Å². The number of hydrogen-bond donors (Lipinski definition) is 2. The highest BCUT2D eigenvalue weighted by Crippen LogP contribution is 2.33. The van der Waals surface area contributed by atoms with Gasteiger partial charge in [0, 0.05) is 28.9 Å². The van der Waals surface area contributed by atoms with Crippen LogP contribution in [0.1, 0.15) is 44.2 Å². The van der Waals surface area contributed by atoms with E-state index in [0.717, 1.165) is 4.47 Å². The quantitative estimate of drug-likeness (QED) is 0.713. The van der Waals surface area contributed by atoms with Crippen LogP contribution in [0.5, 0.6) is 0 Å². The van der Waals surface area contributed by atoms with E-state index in [4.69, 9.17) is 14.9 Å². The molecule has 0 unspecified atom stereocenters. The first-order chi connectivity index (χ1) is 13.5. The van der Waals surface area contributed by atoms with Crippen molar-refractivity contribution in [3.8, 4) is 0 Å². The normalized spacial score (nSPS) is 15.4. The van der Waals surface area contributed by atoms with Crippen molar-refractivity contribution in [1.82, 2.24) is 4.90 Å². The maximum Gasteiger partial charge on any atom is 0.410 e. The molecular formula is C20H24BrN3O5. The van der Waals surface area contributed by atoms with E-state index in [1.54, 1.807) is 23.1 Å². The zero-order valence-corrected chi connectivity index (χ0v) is 18.2. The van der Waals surface area contributed by atoms with Gasteiger partial charge in [0.15, 0.2) is 0 Å². The number of likely N-dealkylation sites (tertiary alicyclic amines) is 1. The fourth-order valence-corrected chi connectivity index (χ4v) is 3.60. The number of ether oxygens (including phenoxy) is 1. The second-order valence-corrected chi connectivity index (χ2v) is 8.96. The number of nitrogens with one attached hydrogen (secondary N) is 1. The average molecular weight is 466 g/mol. The lowest BCUT2D eigenvalue weighted by Crippen LogP contribution is -2.43. The van der Waals surface area contributed by atoms with E-state index in [9.17, 15) is 14.4 Å². The van der Waals surface area contributed by atoms with Gasteiger partial charge in [-0.05, 0) is 51.8 Å². The van der Waals surface area contributed by atoms with Crippen molar-refractivity contribution in [2.45, 2.75) is 39.2 Å². The van der Waals surface area contributed by atoms with Crippen LogP contribution >= 0.6 is 15.9 Å². The van der Waals surface area contributed by atoms with E-state index in [1.165, 1.54) is 0 Å². The fourth-order valence-electron chi connectivity index (χ4n) is 3.24. The minimum atomic E-state index is -0.757. The van der Waals surface area contributed by atoms with E-state index in [1.807, 2.05) is 20.8 Å². The maximum absolute atomic E-state index is 12.8. The Bertz CT molecular complexity index is 955. The molecule has 3 amide bonds. The number of rotatable bonds is 3. The Morgan fingerprint density at radius 2 is 1.90 bits per heavy atom. The molecule has 156 valence electrons. The van der Waals surface area contributed by atoms with Crippen LogP contribution in [-0.4, -0.2) is 41.5 Å². The molecule has 0 spiro atoms. The van der Waals surface area contributed by atoms with Gasteiger partial charge in [-0.25, -0.2) is 4.79 Å². The van der Waals surface area contributed by atoms with Crippen LogP contribution in [0.4, 0.5) is 10.5 Å². The highest BCUT2D eigenvalue weighted by molar-refractivity contribution is 9.10. The summed E-state index contributed by atoms with van der Waals surface area (Å²) < 4.78 is 11.7. The number of carbonyl (C=O) groups excluding carboxylic acids is 3. The largest absolute Gasteiger partial charge is 0.449 e. The molecule has 0 bridgehead atoms. The minimum Gasteiger partial charge on any atom is -0.449 e. The first-order valence-electron chi connectivity index (χ1n) is 9.36. The highest BCUT2D eigenvalue weighted by atomic mass is 79.9. The predicted molar refractivity (Wildman–Crippen MR) is 112 cm³/mol.